The third-order valence-electron chi connectivity index (χ3n) is 2.77. The molecule has 2 aromatic rings. The van der Waals surface area contributed by atoms with Crippen LogP contribution in [0, 0.1) is 0 Å². The van der Waals surface area contributed by atoms with Crippen LogP contribution in [0.25, 0.3) is 0 Å². The van der Waals surface area contributed by atoms with Gasteiger partial charge in [0.1, 0.15) is 5.75 Å². The van der Waals surface area contributed by atoms with E-state index >= 15 is 0 Å². The van der Waals surface area contributed by atoms with Crippen LogP contribution in [-0.2, 0) is 4.79 Å². The number of carbonyl (C=O) groups excluding carboxylic acids is 3. The largest absolute Gasteiger partial charge is 0.478 e. The van der Waals surface area contributed by atoms with Gasteiger partial charge in [-0.25, -0.2) is 4.79 Å². The van der Waals surface area contributed by atoms with Gasteiger partial charge in [-0.05, 0) is 36.4 Å². The van der Waals surface area contributed by atoms with Crippen molar-refractivity contribution in [2.24, 2.45) is 11.5 Å². The summed E-state index contributed by atoms with van der Waals surface area (Å²) in [6, 6.07) is 8.58. The zero-order valence-corrected chi connectivity index (χ0v) is 17.3. The van der Waals surface area contributed by atoms with Crippen molar-refractivity contribution in [2.75, 3.05) is 0 Å². The van der Waals surface area contributed by atoms with Crippen molar-refractivity contribution < 1.29 is 34.5 Å². The first-order valence-electron chi connectivity index (χ1n) is 6.68. The summed E-state index contributed by atoms with van der Waals surface area (Å²) < 4.78 is 5.64. The van der Waals surface area contributed by atoms with Gasteiger partial charge in [0.15, 0.2) is 0 Å². The molecule has 0 aliphatic heterocycles. The quantitative estimate of drug-likeness (QED) is 0.425. The standard InChI is InChI=1S/C8H7BrN2O2.C8H5BrO4.H3N.H2O/c9-6-2-4(7(10)12)1-5(3-6)8(11)13;9-6-1-5(8(11)12)2-7(3-6)13-4-10;;/h1-3H,(H2,10,12)(H2,11,13);1-4H,(H,11,12);1H3;1H2. The van der Waals surface area contributed by atoms with Gasteiger partial charge >= 0.3 is 5.97 Å². The summed E-state index contributed by atoms with van der Waals surface area (Å²) in [5.74, 6) is -2.06. The Morgan fingerprint density at radius 2 is 1.29 bits per heavy atom. The zero-order valence-electron chi connectivity index (χ0n) is 14.1. The number of carbonyl (C=O) groups is 4. The van der Waals surface area contributed by atoms with Gasteiger partial charge in [0.25, 0.3) is 6.47 Å². The highest BCUT2D eigenvalue weighted by Crippen LogP contribution is 2.21. The van der Waals surface area contributed by atoms with Gasteiger partial charge in [0, 0.05) is 20.1 Å². The van der Waals surface area contributed by atoms with Crippen molar-refractivity contribution in [3.05, 3.63) is 62.0 Å². The SMILES string of the molecule is N.NC(=O)c1cc(Br)cc(C(N)=O)c1.O.O=COc1cc(Br)cc(C(=O)O)c1. The van der Waals surface area contributed by atoms with Crippen LogP contribution < -0.4 is 22.4 Å². The molecule has 0 fully saturated rings. The molecule has 2 aromatic carbocycles. The van der Waals surface area contributed by atoms with Crippen LogP contribution in [0.2, 0.25) is 0 Å². The van der Waals surface area contributed by atoms with E-state index in [1.54, 1.807) is 0 Å². The number of halogens is 2. The highest BCUT2D eigenvalue weighted by molar-refractivity contribution is 9.10. The second kappa shape index (κ2) is 12.6. The van der Waals surface area contributed by atoms with Gasteiger partial charge in [-0.3, -0.25) is 14.4 Å². The molecular formula is C16H17Br2N3O7. The number of aromatic carboxylic acids is 1. The van der Waals surface area contributed by atoms with E-state index in [1.807, 2.05) is 0 Å². The minimum atomic E-state index is -1.07. The molecule has 10 nitrogen and oxygen atoms in total. The first kappa shape index (κ1) is 27.4. The third kappa shape index (κ3) is 8.73. The maximum absolute atomic E-state index is 10.8. The molecule has 0 atom stereocenters. The van der Waals surface area contributed by atoms with E-state index in [4.69, 9.17) is 16.6 Å². The fraction of sp³-hybridized carbons (Fsp3) is 0. The third-order valence-corrected chi connectivity index (χ3v) is 3.68. The summed E-state index contributed by atoms with van der Waals surface area (Å²) in [5.41, 5.74) is 10.6. The van der Waals surface area contributed by atoms with E-state index in [0.29, 0.717) is 8.95 Å². The lowest BCUT2D eigenvalue weighted by Crippen LogP contribution is -2.15. The predicted octanol–water partition coefficient (Wildman–Crippen LogP) is 1.67. The molecule has 0 aliphatic rings. The summed E-state index contributed by atoms with van der Waals surface area (Å²) in [7, 11) is 0. The van der Waals surface area contributed by atoms with E-state index in [0.717, 1.165) is 0 Å². The molecule has 0 aliphatic carbocycles. The number of carboxylic acid groups (broad SMARTS) is 1. The molecular weight excluding hydrogens is 506 g/mol. The molecule has 0 heterocycles. The molecule has 12 heteroatoms. The Labute approximate surface area is 176 Å². The van der Waals surface area contributed by atoms with E-state index in [2.05, 4.69) is 36.6 Å². The summed E-state index contributed by atoms with van der Waals surface area (Å²) in [5, 5.41) is 8.64. The summed E-state index contributed by atoms with van der Waals surface area (Å²) in [4.78, 5) is 42.1. The molecule has 0 aromatic heterocycles. The summed E-state index contributed by atoms with van der Waals surface area (Å²) in [6.45, 7) is 0.243. The average molecular weight is 523 g/mol. The lowest BCUT2D eigenvalue weighted by Gasteiger charge is -2.00. The van der Waals surface area contributed by atoms with Gasteiger partial charge in [-0.2, -0.15) is 0 Å². The van der Waals surface area contributed by atoms with Gasteiger partial charge < -0.3 is 32.9 Å². The van der Waals surface area contributed by atoms with Crippen molar-refractivity contribution in [2.45, 2.75) is 0 Å². The monoisotopic (exact) mass is 521 g/mol. The molecule has 0 unspecified atom stereocenters. The van der Waals surface area contributed by atoms with Gasteiger partial charge in [-0.1, -0.05) is 31.9 Å². The fourth-order valence-electron chi connectivity index (χ4n) is 1.68. The van der Waals surface area contributed by atoms with Crippen molar-refractivity contribution in [3.63, 3.8) is 0 Å². The average Bonchev–Trinajstić information content (AvgIpc) is 2.54. The molecule has 0 radical (unpaired) electrons. The second-order valence-electron chi connectivity index (χ2n) is 4.65. The minimum absolute atomic E-state index is 0. The lowest BCUT2D eigenvalue weighted by molar-refractivity contribution is -0.120. The maximum atomic E-state index is 10.8. The molecule has 2 rings (SSSR count). The van der Waals surface area contributed by atoms with Crippen molar-refractivity contribution in [1.82, 2.24) is 6.15 Å². The van der Waals surface area contributed by atoms with Crippen LogP contribution >= 0.6 is 31.9 Å². The number of hydrogen-bond acceptors (Lipinski definition) is 6. The van der Waals surface area contributed by atoms with Crippen molar-refractivity contribution in [1.29, 1.82) is 0 Å². The lowest BCUT2D eigenvalue weighted by atomic mass is 10.1. The van der Waals surface area contributed by atoms with Crippen LogP contribution in [-0.4, -0.2) is 34.8 Å². The number of nitrogens with two attached hydrogens (primary N) is 2. The number of ether oxygens (including phenoxy) is 1. The number of carboxylic acids is 1. The summed E-state index contributed by atoms with van der Waals surface area (Å²) in [6.07, 6.45) is 0. The second-order valence-corrected chi connectivity index (χ2v) is 6.48. The molecule has 2 amide bonds. The molecule has 28 heavy (non-hydrogen) atoms. The molecule has 0 saturated heterocycles. The van der Waals surface area contributed by atoms with E-state index < -0.39 is 17.8 Å². The van der Waals surface area contributed by atoms with Gasteiger partial charge in [0.05, 0.1) is 5.56 Å². The minimum Gasteiger partial charge on any atom is -0.478 e. The Hall–Kier alpha value is -2.80. The number of benzene rings is 2. The molecule has 10 N–H and O–H groups in total. The van der Waals surface area contributed by atoms with Crippen LogP contribution in [0.5, 0.6) is 5.75 Å². The highest BCUT2D eigenvalue weighted by Gasteiger charge is 2.07. The zero-order chi connectivity index (χ0) is 19.9. The van der Waals surface area contributed by atoms with Crippen LogP contribution in [0.4, 0.5) is 0 Å². The van der Waals surface area contributed by atoms with Crippen LogP contribution in [0.3, 0.4) is 0 Å². The molecule has 0 saturated carbocycles. The topological polar surface area (TPSA) is 216 Å². The van der Waals surface area contributed by atoms with E-state index in [9.17, 15) is 19.2 Å². The Kier molecular flexibility index (Phi) is 12.3. The number of hydrogen-bond donors (Lipinski definition) is 4. The first-order chi connectivity index (χ1) is 12.1. The van der Waals surface area contributed by atoms with Crippen molar-refractivity contribution in [3.8, 4) is 5.75 Å². The highest BCUT2D eigenvalue weighted by atomic mass is 79.9. The number of amides is 2. The first-order valence-corrected chi connectivity index (χ1v) is 8.27. The smallest absolute Gasteiger partial charge is 0.335 e. The van der Waals surface area contributed by atoms with Crippen LogP contribution in [0.15, 0.2) is 45.3 Å². The fourth-order valence-corrected chi connectivity index (χ4v) is 2.65. The Bertz CT molecular complexity index is 843. The van der Waals surface area contributed by atoms with E-state index in [-0.39, 0.29) is 40.5 Å². The normalized spacial score (nSPS) is 8.79. The van der Waals surface area contributed by atoms with Crippen molar-refractivity contribution >= 4 is 56.1 Å². The molecule has 0 spiro atoms. The molecule has 152 valence electrons. The molecule has 0 bridgehead atoms. The van der Waals surface area contributed by atoms with Gasteiger partial charge in [-0.15, -0.1) is 0 Å². The van der Waals surface area contributed by atoms with Crippen LogP contribution in [0.1, 0.15) is 31.1 Å². The Morgan fingerprint density at radius 1 is 0.857 bits per heavy atom. The summed E-state index contributed by atoms with van der Waals surface area (Å²) >= 11 is 6.23. The Balaban J connectivity index is 0. The number of primary amides is 2. The Morgan fingerprint density at radius 3 is 1.68 bits per heavy atom. The van der Waals surface area contributed by atoms with Gasteiger partial charge in [0.2, 0.25) is 11.8 Å². The maximum Gasteiger partial charge on any atom is 0.335 e. The predicted molar refractivity (Wildman–Crippen MR) is 108 cm³/mol. The number of rotatable bonds is 5. The van der Waals surface area contributed by atoms with E-state index in [1.165, 1.54) is 36.4 Å².